The first-order chi connectivity index (χ1) is 26.4. The molecule has 4 atom stereocenters. The van der Waals surface area contributed by atoms with E-state index < -0.39 is 58.7 Å². The Morgan fingerprint density at radius 1 is 0.768 bits per heavy atom. The topological polar surface area (TPSA) is 122 Å². The molecule has 2 aromatic rings. The number of nitrogens with one attached hydrogen (secondary N) is 2. The van der Waals surface area contributed by atoms with Crippen molar-refractivity contribution < 1.29 is 41.9 Å². The summed E-state index contributed by atoms with van der Waals surface area (Å²) in [5.74, 6) is -3.16. The van der Waals surface area contributed by atoms with Gasteiger partial charge in [-0.3, -0.25) is 28.9 Å². The third-order valence-electron chi connectivity index (χ3n) is 10.9. The van der Waals surface area contributed by atoms with Crippen LogP contribution < -0.4 is 10.6 Å². The van der Waals surface area contributed by atoms with Crippen molar-refractivity contribution in [2.45, 2.75) is 111 Å². The van der Waals surface area contributed by atoms with Crippen LogP contribution >= 0.6 is 0 Å². The first kappa shape index (κ1) is 44.8. The second-order valence-corrected chi connectivity index (χ2v) is 16.9. The summed E-state index contributed by atoms with van der Waals surface area (Å²) in [6, 6.07) is 12.4. The van der Waals surface area contributed by atoms with Crippen LogP contribution in [0.1, 0.15) is 96.3 Å². The number of alkyl halides is 3. The monoisotopic (exact) mass is 783 g/mol. The molecule has 1 aliphatic heterocycles. The minimum atomic E-state index is -4.54. The first-order valence-corrected chi connectivity index (χ1v) is 20.1. The van der Waals surface area contributed by atoms with Gasteiger partial charge in [-0.15, -0.1) is 0 Å². The maximum absolute atomic E-state index is 14.3. The minimum Gasteiger partial charge on any atom is -0.379 e. The van der Waals surface area contributed by atoms with Crippen molar-refractivity contribution in [2.75, 3.05) is 32.8 Å². The molecule has 2 fully saturated rings. The van der Waals surface area contributed by atoms with Gasteiger partial charge in [0.25, 0.3) is 0 Å². The Hall–Kier alpha value is -3.90. The van der Waals surface area contributed by atoms with Gasteiger partial charge in [-0.25, -0.2) is 0 Å². The van der Waals surface area contributed by atoms with Gasteiger partial charge in [0.05, 0.1) is 37.4 Å². The highest BCUT2D eigenvalue weighted by Gasteiger charge is 2.48. The number of hydrogen-bond acceptors (Lipinski definition) is 7. The Bertz CT molecular complexity index is 1620. The third kappa shape index (κ3) is 14.2. The molecular weight excluding hydrogens is 723 g/mol. The van der Waals surface area contributed by atoms with Crippen LogP contribution in [0.2, 0.25) is 0 Å². The van der Waals surface area contributed by atoms with Crippen molar-refractivity contribution in [1.29, 1.82) is 0 Å². The minimum absolute atomic E-state index is 0.00174. The highest BCUT2D eigenvalue weighted by Crippen LogP contribution is 2.47. The number of ketones is 3. The van der Waals surface area contributed by atoms with E-state index in [4.69, 9.17) is 4.74 Å². The van der Waals surface area contributed by atoms with Crippen molar-refractivity contribution in [2.24, 2.45) is 29.1 Å². The van der Waals surface area contributed by atoms with Gasteiger partial charge in [0.15, 0.2) is 11.6 Å². The van der Waals surface area contributed by atoms with Crippen LogP contribution in [0.5, 0.6) is 0 Å². The average molecular weight is 784 g/mol. The normalized spacial score (nSPS) is 17.8. The van der Waals surface area contributed by atoms with Gasteiger partial charge in [-0.1, -0.05) is 77.1 Å². The molecule has 1 saturated carbocycles. The zero-order chi connectivity index (χ0) is 41.0. The molecule has 2 amide bonds. The highest BCUT2D eigenvalue weighted by molar-refractivity contribution is 5.97. The van der Waals surface area contributed by atoms with Crippen molar-refractivity contribution in [1.82, 2.24) is 15.5 Å². The lowest BCUT2D eigenvalue weighted by atomic mass is 9.86. The number of nitrogens with zero attached hydrogens (tertiary/aromatic N) is 1. The molecule has 1 heterocycles. The van der Waals surface area contributed by atoms with Crippen molar-refractivity contribution in [3.05, 3.63) is 71.3 Å². The van der Waals surface area contributed by atoms with Crippen LogP contribution in [0.15, 0.2) is 54.6 Å². The second-order valence-electron chi connectivity index (χ2n) is 16.9. The van der Waals surface area contributed by atoms with E-state index in [0.717, 1.165) is 30.5 Å². The predicted octanol–water partition coefficient (Wildman–Crippen LogP) is 6.79. The molecule has 2 aliphatic rings. The van der Waals surface area contributed by atoms with Gasteiger partial charge in [0.1, 0.15) is 5.78 Å². The molecule has 2 aromatic carbocycles. The van der Waals surface area contributed by atoms with Gasteiger partial charge in [-0.05, 0) is 80.0 Å². The molecule has 2 N–H and O–H groups in total. The number of halogens is 3. The number of rotatable bonds is 22. The van der Waals surface area contributed by atoms with E-state index >= 15 is 0 Å². The van der Waals surface area contributed by atoms with Gasteiger partial charge < -0.3 is 15.4 Å². The number of aryl methyl sites for hydroxylation is 1. The Morgan fingerprint density at radius 2 is 1.34 bits per heavy atom. The number of morpholine rings is 1. The van der Waals surface area contributed by atoms with Crippen LogP contribution in [0.25, 0.3) is 0 Å². The summed E-state index contributed by atoms with van der Waals surface area (Å²) in [5, 5.41) is 5.88. The predicted molar refractivity (Wildman–Crippen MR) is 209 cm³/mol. The average Bonchev–Trinajstić information content (AvgIpc) is 3.90. The summed E-state index contributed by atoms with van der Waals surface area (Å²) in [6.07, 6.45) is -1.82. The standard InChI is InChI=1S/C44H60F3N3O6/c1-29(2)23-37(48-41(54)33(14-11-31-9-7-6-8-10-31)26-36(51)28-50-19-21-56-22-20-50)39(52)27-34(25-32-12-15-35(16-13-32)44(45,46)47)42(55)49-38(24-30(3)4)40(53)43(5)17-18-43/h6-10,12-13,15-16,29-30,33-34,37-38H,11,14,17-28H2,1-5H3,(H,48,54)(H,49,55)/t33-,34-,37+,38+/m1/s1. The van der Waals surface area contributed by atoms with E-state index in [9.17, 15) is 37.1 Å². The maximum atomic E-state index is 14.3. The fourth-order valence-electron chi connectivity index (χ4n) is 7.30. The molecule has 56 heavy (non-hydrogen) atoms. The molecule has 1 saturated heterocycles. The lowest BCUT2D eigenvalue weighted by Crippen LogP contribution is -2.49. The molecule has 12 heteroatoms. The van der Waals surface area contributed by atoms with Crippen LogP contribution in [0.3, 0.4) is 0 Å². The Morgan fingerprint density at radius 3 is 1.91 bits per heavy atom. The first-order valence-electron chi connectivity index (χ1n) is 20.1. The number of benzene rings is 2. The van der Waals surface area contributed by atoms with Crippen LogP contribution in [0, 0.1) is 29.1 Å². The van der Waals surface area contributed by atoms with Gasteiger partial charge >= 0.3 is 6.18 Å². The number of hydrogen-bond donors (Lipinski definition) is 2. The third-order valence-corrected chi connectivity index (χ3v) is 10.9. The molecular formula is C44H60F3N3O6. The molecule has 0 unspecified atom stereocenters. The molecule has 0 aromatic heterocycles. The van der Waals surface area contributed by atoms with E-state index in [1.165, 1.54) is 12.1 Å². The summed E-state index contributed by atoms with van der Waals surface area (Å²) in [7, 11) is 0. The molecule has 0 bridgehead atoms. The van der Waals surface area contributed by atoms with E-state index in [0.29, 0.717) is 51.1 Å². The van der Waals surface area contributed by atoms with Crippen molar-refractivity contribution in [3.63, 3.8) is 0 Å². The Balaban J connectivity index is 1.56. The molecule has 0 radical (unpaired) electrons. The molecule has 308 valence electrons. The van der Waals surface area contributed by atoms with Crippen LogP contribution in [0.4, 0.5) is 13.2 Å². The quantitative estimate of drug-likeness (QED) is 0.135. The van der Waals surface area contributed by atoms with E-state index in [2.05, 4.69) is 10.6 Å². The summed E-state index contributed by atoms with van der Waals surface area (Å²) < 4.78 is 45.5. The summed E-state index contributed by atoms with van der Waals surface area (Å²) in [6.45, 7) is 12.1. The molecule has 0 spiro atoms. The maximum Gasteiger partial charge on any atom is 0.416 e. The SMILES string of the molecule is CC(C)C[C@H](NC(=O)[C@H](CCc1ccccc1)CC(=O)CN1CCOCC1)C(=O)C[C@@H](Cc1ccc(C(F)(F)F)cc1)C(=O)N[C@@H](CC(C)C)C(=O)C1(C)CC1. The summed E-state index contributed by atoms with van der Waals surface area (Å²) >= 11 is 0. The fourth-order valence-corrected chi connectivity index (χ4v) is 7.30. The molecule has 1 aliphatic carbocycles. The van der Waals surface area contributed by atoms with E-state index in [-0.39, 0.29) is 55.6 Å². The summed E-state index contributed by atoms with van der Waals surface area (Å²) in [5.41, 5.74) is 0.0983. The van der Waals surface area contributed by atoms with Crippen LogP contribution in [-0.4, -0.2) is 79.0 Å². The number of ether oxygens (including phenoxy) is 1. The largest absolute Gasteiger partial charge is 0.416 e. The molecule has 4 rings (SSSR count). The van der Waals surface area contributed by atoms with E-state index in [1.807, 2.05) is 69.9 Å². The fraction of sp³-hybridized carbons (Fsp3) is 0.614. The Labute approximate surface area is 329 Å². The highest BCUT2D eigenvalue weighted by atomic mass is 19.4. The van der Waals surface area contributed by atoms with Crippen molar-refractivity contribution in [3.8, 4) is 0 Å². The number of amides is 2. The van der Waals surface area contributed by atoms with Gasteiger partial charge in [0, 0.05) is 43.2 Å². The van der Waals surface area contributed by atoms with Crippen LogP contribution in [-0.2, 0) is 47.7 Å². The van der Waals surface area contributed by atoms with Gasteiger partial charge in [-0.2, -0.15) is 13.2 Å². The van der Waals surface area contributed by atoms with E-state index in [1.54, 1.807) is 0 Å². The zero-order valence-corrected chi connectivity index (χ0v) is 33.6. The lowest BCUT2D eigenvalue weighted by Gasteiger charge is -2.28. The lowest BCUT2D eigenvalue weighted by molar-refractivity contribution is -0.137. The van der Waals surface area contributed by atoms with Crippen molar-refractivity contribution >= 4 is 29.2 Å². The zero-order valence-electron chi connectivity index (χ0n) is 33.6. The second kappa shape index (κ2) is 20.5. The van der Waals surface area contributed by atoms with Gasteiger partial charge in [0.2, 0.25) is 11.8 Å². The number of Topliss-reactive ketones (excluding diaryl/α,β-unsaturated/α-hetero) is 3. The Kier molecular flexibility index (Phi) is 16.4. The number of carbonyl (C=O) groups is 5. The smallest absolute Gasteiger partial charge is 0.379 e. The summed E-state index contributed by atoms with van der Waals surface area (Å²) in [4.78, 5) is 71.3. The number of carbonyl (C=O) groups excluding carboxylic acids is 5. The molecule has 9 nitrogen and oxygen atoms in total.